The van der Waals surface area contributed by atoms with Crippen molar-refractivity contribution in [3.63, 3.8) is 0 Å². The number of pyridine rings is 1. The molecule has 0 spiro atoms. The molecule has 0 radical (unpaired) electrons. The number of fused-ring (bicyclic) bond motifs is 1. The Morgan fingerprint density at radius 1 is 1.07 bits per heavy atom. The summed E-state index contributed by atoms with van der Waals surface area (Å²) in [5.41, 5.74) is 3.59. The number of hydrogen-bond acceptors (Lipinski definition) is 4. The van der Waals surface area contributed by atoms with Crippen LogP contribution in [0.3, 0.4) is 0 Å². The van der Waals surface area contributed by atoms with E-state index in [0.717, 1.165) is 55.1 Å². The first-order valence-electron chi connectivity index (χ1n) is 9.30. The van der Waals surface area contributed by atoms with Crippen LogP contribution in [0.4, 0.5) is 5.82 Å². The van der Waals surface area contributed by atoms with E-state index in [2.05, 4.69) is 51.5 Å². The molecule has 6 heteroatoms. The van der Waals surface area contributed by atoms with Gasteiger partial charge >= 0.3 is 0 Å². The Balaban J connectivity index is 1.62. The molecule has 2 aromatic heterocycles. The Kier molecular flexibility index (Phi) is 5.14. The molecule has 27 heavy (non-hydrogen) atoms. The van der Waals surface area contributed by atoms with E-state index in [4.69, 9.17) is 16.6 Å². The lowest BCUT2D eigenvalue weighted by molar-refractivity contribution is 0.235. The van der Waals surface area contributed by atoms with Crippen LogP contribution in [0.2, 0.25) is 5.02 Å². The standard InChI is InChI=1S/C21H24ClN5/c1-3-20-24-21-19(25(20)2)14-26(12-16-7-9-17(22)10-8-16)15-27(21)13-18-6-4-5-11-23-18/h4-11H,3,12-15H2,1-2H3. The quantitative estimate of drug-likeness (QED) is 0.669. The number of aryl methyl sites for hydroxylation is 1. The topological polar surface area (TPSA) is 37.2 Å². The molecule has 1 aliphatic rings. The van der Waals surface area contributed by atoms with Crippen molar-refractivity contribution < 1.29 is 0 Å². The van der Waals surface area contributed by atoms with E-state index in [1.807, 2.05) is 30.5 Å². The molecule has 140 valence electrons. The zero-order chi connectivity index (χ0) is 18.8. The fourth-order valence-corrected chi connectivity index (χ4v) is 3.78. The first-order valence-corrected chi connectivity index (χ1v) is 9.68. The number of benzene rings is 1. The predicted octanol–water partition coefficient (Wildman–Crippen LogP) is 4.01. The maximum Gasteiger partial charge on any atom is 0.153 e. The SMILES string of the molecule is CCc1nc2c(n1C)CN(Cc1ccc(Cl)cc1)CN2Cc1ccccn1. The molecular weight excluding hydrogens is 358 g/mol. The van der Waals surface area contributed by atoms with Crippen LogP contribution in [-0.2, 0) is 33.1 Å². The number of halogens is 1. The van der Waals surface area contributed by atoms with Crippen molar-refractivity contribution in [1.29, 1.82) is 0 Å². The minimum atomic E-state index is 0.755. The molecule has 0 atom stereocenters. The maximum atomic E-state index is 6.03. The first-order chi connectivity index (χ1) is 13.1. The normalized spacial score (nSPS) is 14.4. The third kappa shape index (κ3) is 3.84. The van der Waals surface area contributed by atoms with Crippen LogP contribution in [0.25, 0.3) is 0 Å². The number of nitrogens with zero attached hydrogens (tertiary/aromatic N) is 5. The highest BCUT2D eigenvalue weighted by Gasteiger charge is 2.28. The fraction of sp³-hybridized carbons (Fsp3) is 0.333. The molecule has 0 amide bonds. The molecule has 1 aromatic carbocycles. The third-order valence-electron chi connectivity index (χ3n) is 5.04. The van der Waals surface area contributed by atoms with E-state index < -0.39 is 0 Å². The fourth-order valence-electron chi connectivity index (χ4n) is 3.65. The van der Waals surface area contributed by atoms with Gasteiger partial charge in [-0.25, -0.2) is 4.98 Å². The van der Waals surface area contributed by atoms with Gasteiger partial charge in [-0.15, -0.1) is 0 Å². The summed E-state index contributed by atoms with van der Waals surface area (Å²) in [6.07, 6.45) is 2.78. The highest BCUT2D eigenvalue weighted by molar-refractivity contribution is 6.30. The summed E-state index contributed by atoms with van der Waals surface area (Å²) >= 11 is 6.03. The van der Waals surface area contributed by atoms with Crippen LogP contribution >= 0.6 is 11.6 Å². The van der Waals surface area contributed by atoms with Crippen LogP contribution in [0.1, 0.15) is 29.7 Å². The van der Waals surface area contributed by atoms with Gasteiger partial charge in [0.1, 0.15) is 5.82 Å². The van der Waals surface area contributed by atoms with Gasteiger partial charge in [-0.3, -0.25) is 9.88 Å². The second-order valence-corrected chi connectivity index (χ2v) is 7.42. The molecule has 0 bridgehead atoms. The van der Waals surface area contributed by atoms with Crippen molar-refractivity contribution in [3.05, 3.63) is 76.5 Å². The van der Waals surface area contributed by atoms with Crippen LogP contribution in [-0.4, -0.2) is 26.1 Å². The average molecular weight is 382 g/mol. The third-order valence-corrected chi connectivity index (χ3v) is 5.30. The van der Waals surface area contributed by atoms with Crippen molar-refractivity contribution in [2.45, 2.75) is 33.0 Å². The molecule has 3 heterocycles. The average Bonchev–Trinajstić information content (AvgIpc) is 3.01. The highest BCUT2D eigenvalue weighted by Crippen LogP contribution is 2.29. The van der Waals surface area contributed by atoms with Gasteiger partial charge in [0.2, 0.25) is 0 Å². The summed E-state index contributed by atoms with van der Waals surface area (Å²) in [5.74, 6) is 2.21. The van der Waals surface area contributed by atoms with Crippen molar-refractivity contribution >= 4 is 17.4 Å². The second kappa shape index (κ2) is 7.71. The molecule has 0 N–H and O–H groups in total. The summed E-state index contributed by atoms with van der Waals surface area (Å²) in [4.78, 5) is 14.2. The Labute approximate surface area is 165 Å². The molecule has 0 aliphatic carbocycles. The van der Waals surface area contributed by atoms with Crippen molar-refractivity contribution in [2.75, 3.05) is 11.6 Å². The molecule has 3 aromatic rings. The lowest BCUT2D eigenvalue weighted by atomic mass is 10.2. The largest absolute Gasteiger partial charge is 0.336 e. The molecule has 4 rings (SSSR count). The lowest BCUT2D eigenvalue weighted by Gasteiger charge is -2.36. The zero-order valence-electron chi connectivity index (χ0n) is 15.8. The Morgan fingerprint density at radius 3 is 2.59 bits per heavy atom. The predicted molar refractivity (Wildman–Crippen MR) is 109 cm³/mol. The van der Waals surface area contributed by atoms with Gasteiger partial charge in [-0.2, -0.15) is 0 Å². The molecule has 0 saturated carbocycles. The Bertz CT molecular complexity index is 904. The van der Waals surface area contributed by atoms with Crippen molar-refractivity contribution in [2.24, 2.45) is 7.05 Å². The molecule has 1 aliphatic heterocycles. The van der Waals surface area contributed by atoms with E-state index in [1.54, 1.807) is 0 Å². The number of anilines is 1. The second-order valence-electron chi connectivity index (χ2n) is 6.98. The summed E-state index contributed by atoms with van der Waals surface area (Å²) in [6, 6.07) is 14.2. The number of rotatable bonds is 5. The Hall–Kier alpha value is -2.37. The van der Waals surface area contributed by atoms with Gasteiger partial charge < -0.3 is 9.47 Å². The van der Waals surface area contributed by atoms with Gasteiger partial charge in [-0.05, 0) is 29.8 Å². The molecule has 0 unspecified atom stereocenters. The number of hydrogen-bond donors (Lipinski definition) is 0. The summed E-state index contributed by atoms with van der Waals surface area (Å²) in [7, 11) is 2.12. The van der Waals surface area contributed by atoms with Crippen molar-refractivity contribution in [3.8, 4) is 0 Å². The van der Waals surface area contributed by atoms with Gasteiger partial charge in [0.25, 0.3) is 0 Å². The van der Waals surface area contributed by atoms with Crippen LogP contribution in [0.15, 0.2) is 48.7 Å². The molecule has 0 fully saturated rings. The minimum Gasteiger partial charge on any atom is -0.336 e. The van der Waals surface area contributed by atoms with Gasteiger partial charge in [0, 0.05) is 37.8 Å². The van der Waals surface area contributed by atoms with Crippen LogP contribution in [0.5, 0.6) is 0 Å². The van der Waals surface area contributed by atoms with E-state index in [9.17, 15) is 0 Å². The van der Waals surface area contributed by atoms with Gasteiger partial charge in [0.05, 0.1) is 24.6 Å². The monoisotopic (exact) mass is 381 g/mol. The highest BCUT2D eigenvalue weighted by atomic mass is 35.5. The van der Waals surface area contributed by atoms with Crippen LogP contribution < -0.4 is 4.90 Å². The van der Waals surface area contributed by atoms with E-state index in [-0.39, 0.29) is 0 Å². The summed E-state index contributed by atoms with van der Waals surface area (Å²) in [5, 5.41) is 0.774. The van der Waals surface area contributed by atoms with Gasteiger partial charge in [-0.1, -0.05) is 36.7 Å². The van der Waals surface area contributed by atoms with E-state index >= 15 is 0 Å². The molecule has 0 saturated heterocycles. The number of aromatic nitrogens is 3. The smallest absolute Gasteiger partial charge is 0.153 e. The number of imidazole rings is 1. The molecular formula is C21H24ClN5. The maximum absolute atomic E-state index is 6.03. The van der Waals surface area contributed by atoms with E-state index in [0.29, 0.717) is 0 Å². The molecule has 5 nitrogen and oxygen atoms in total. The van der Waals surface area contributed by atoms with Gasteiger partial charge in [0.15, 0.2) is 5.82 Å². The lowest BCUT2D eigenvalue weighted by Crippen LogP contribution is -2.42. The van der Waals surface area contributed by atoms with Crippen molar-refractivity contribution in [1.82, 2.24) is 19.4 Å². The summed E-state index contributed by atoms with van der Waals surface area (Å²) < 4.78 is 2.24. The zero-order valence-corrected chi connectivity index (χ0v) is 16.5. The first kappa shape index (κ1) is 18.0. The summed E-state index contributed by atoms with van der Waals surface area (Å²) in [6.45, 7) is 5.50. The van der Waals surface area contributed by atoms with E-state index in [1.165, 1.54) is 11.3 Å². The minimum absolute atomic E-state index is 0.755. The van der Waals surface area contributed by atoms with Crippen LogP contribution in [0, 0.1) is 0 Å². The Morgan fingerprint density at radius 2 is 1.89 bits per heavy atom.